The van der Waals surface area contributed by atoms with Crippen LogP contribution in [0.4, 0.5) is 4.79 Å². The standard InChI is InChI=1S/C16H18N4O5/c21-11-2-1-5-20(8-11)16(22)17-7-14-18-15(25-19-14)10-3-4-12-13(6-10)24-9-23-12/h3-4,6,11,21H,1-2,5,7-9H2,(H,17,22). The molecule has 0 bridgehead atoms. The van der Waals surface area contributed by atoms with Crippen molar-refractivity contribution in [2.24, 2.45) is 0 Å². The maximum Gasteiger partial charge on any atom is 0.317 e. The molecule has 2 N–H and O–H groups in total. The lowest BCUT2D eigenvalue weighted by Crippen LogP contribution is -2.46. The quantitative estimate of drug-likeness (QED) is 0.857. The van der Waals surface area contributed by atoms with Crippen molar-refractivity contribution in [2.45, 2.75) is 25.5 Å². The van der Waals surface area contributed by atoms with Gasteiger partial charge in [0.25, 0.3) is 5.89 Å². The second-order valence-electron chi connectivity index (χ2n) is 5.98. The van der Waals surface area contributed by atoms with Crippen molar-refractivity contribution in [3.63, 3.8) is 0 Å². The van der Waals surface area contributed by atoms with Gasteiger partial charge in [0.15, 0.2) is 17.3 Å². The molecule has 1 fully saturated rings. The lowest BCUT2D eigenvalue weighted by molar-refractivity contribution is 0.0841. The van der Waals surface area contributed by atoms with Gasteiger partial charge in [0.2, 0.25) is 6.79 Å². The minimum atomic E-state index is -0.456. The highest BCUT2D eigenvalue weighted by atomic mass is 16.7. The molecule has 0 saturated carbocycles. The van der Waals surface area contributed by atoms with Crippen molar-refractivity contribution in [3.8, 4) is 23.0 Å². The SMILES string of the molecule is O=C(NCc1noc(-c2ccc3c(c2)OCO3)n1)N1CCCC(O)C1. The van der Waals surface area contributed by atoms with Crippen molar-refractivity contribution in [1.29, 1.82) is 0 Å². The maximum absolute atomic E-state index is 12.1. The molecule has 1 aromatic carbocycles. The zero-order valence-electron chi connectivity index (χ0n) is 13.5. The molecule has 1 unspecified atom stereocenters. The highest BCUT2D eigenvalue weighted by molar-refractivity contribution is 5.74. The van der Waals surface area contributed by atoms with Gasteiger partial charge in [0, 0.05) is 18.7 Å². The molecule has 1 atom stereocenters. The highest BCUT2D eigenvalue weighted by Crippen LogP contribution is 2.35. The number of fused-ring (bicyclic) bond motifs is 1. The number of hydrogen-bond acceptors (Lipinski definition) is 7. The molecule has 0 aliphatic carbocycles. The van der Waals surface area contributed by atoms with Crippen LogP contribution in [0.25, 0.3) is 11.5 Å². The van der Waals surface area contributed by atoms with Crippen molar-refractivity contribution in [1.82, 2.24) is 20.4 Å². The van der Waals surface area contributed by atoms with Gasteiger partial charge in [-0.25, -0.2) is 4.79 Å². The number of carbonyl (C=O) groups excluding carboxylic acids is 1. The summed E-state index contributed by atoms with van der Waals surface area (Å²) in [6, 6.07) is 5.12. The van der Waals surface area contributed by atoms with Gasteiger partial charge in [-0.05, 0) is 31.0 Å². The van der Waals surface area contributed by atoms with Gasteiger partial charge >= 0.3 is 6.03 Å². The van der Waals surface area contributed by atoms with E-state index in [0.29, 0.717) is 41.9 Å². The Labute approximate surface area is 143 Å². The molecule has 9 nitrogen and oxygen atoms in total. The fourth-order valence-corrected chi connectivity index (χ4v) is 2.88. The first kappa shape index (κ1) is 15.7. The number of urea groups is 1. The summed E-state index contributed by atoms with van der Waals surface area (Å²) in [4.78, 5) is 18.0. The number of nitrogens with zero attached hydrogens (tertiary/aromatic N) is 3. The molecule has 2 aliphatic heterocycles. The molecule has 1 saturated heterocycles. The first-order valence-corrected chi connectivity index (χ1v) is 8.12. The van der Waals surface area contributed by atoms with E-state index < -0.39 is 6.10 Å². The maximum atomic E-state index is 12.1. The number of benzene rings is 1. The normalized spacial score (nSPS) is 19.1. The first-order chi connectivity index (χ1) is 12.2. The molecule has 9 heteroatoms. The van der Waals surface area contributed by atoms with Crippen LogP contribution >= 0.6 is 0 Å². The summed E-state index contributed by atoms with van der Waals surface area (Å²) in [5.41, 5.74) is 0.716. The van der Waals surface area contributed by atoms with Gasteiger partial charge in [-0.3, -0.25) is 0 Å². The number of β-amino-alcohol motifs (C(OH)–C–C–N with tert-alkyl or cyclic N) is 1. The second kappa shape index (κ2) is 6.60. The van der Waals surface area contributed by atoms with E-state index in [1.54, 1.807) is 23.1 Å². The van der Waals surface area contributed by atoms with Gasteiger partial charge in [-0.2, -0.15) is 4.98 Å². The molecular weight excluding hydrogens is 328 g/mol. The van der Waals surface area contributed by atoms with Crippen LogP contribution in [0.3, 0.4) is 0 Å². The van der Waals surface area contributed by atoms with E-state index in [9.17, 15) is 9.90 Å². The average molecular weight is 346 g/mol. The minimum Gasteiger partial charge on any atom is -0.454 e. The summed E-state index contributed by atoms with van der Waals surface area (Å²) < 4.78 is 15.8. The Morgan fingerprint density at radius 2 is 2.24 bits per heavy atom. The van der Waals surface area contributed by atoms with Crippen molar-refractivity contribution in [2.75, 3.05) is 19.9 Å². The predicted octanol–water partition coefficient (Wildman–Crippen LogP) is 1.13. The van der Waals surface area contributed by atoms with Crippen LogP contribution in [0.15, 0.2) is 22.7 Å². The molecule has 1 aromatic heterocycles. The fraction of sp³-hybridized carbons (Fsp3) is 0.438. The molecule has 0 spiro atoms. The third-order valence-corrected chi connectivity index (χ3v) is 4.17. The number of aromatic nitrogens is 2. The number of likely N-dealkylation sites (tertiary alicyclic amines) is 1. The number of hydrogen-bond donors (Lipinski definition) is 2. The van der Waals surface area contributed by atoms with Crippen LogP contribution in [0, 0.1) is 0 Å². The Bertz CT molecular complexity index is 778. The van der Waals surface area contributed by atoms with Crippen LogP contribution < -0.4 is 14.8 Å². The summed E-state index contributed by atoms with van der Waals surface area (Å²) in [6.07, 6.45) is 1.07. The van der Waals surface area contributed by atoms with E-state index >= 15 is 0 Å². The summed E-state index contributed by atoms with van der Waals surface area (Å²) in [5, 5.41) is 16.2. The van der Waals surface area contributed by atoms with E-state index in [0.717, 1.165) is 12.8 Å². The van der Waals surface area contributed by atoms with Gasteiger partial charge in [-0.15, -0.1) is 0 Å². The van der Waals surface area contributed by atoms with Crippen LogP contribution in [0.5, 0.6) is 11.5 Å². The number of aliphatic hydroxyl groups is 1. The van der Waals surface area contributed by atoms with E-state index in [-0.39, 0.29) is 19.4 Å². The minimum absolute atomic E-state index is 0.152. The third kappa shape index (κ3) is 3.36. The average Bonchev–Trinajstić information content (AvgIpc) is 3.28. The van der Waals surface area contributed by atoms with Crippen LogP contribution in [0.1, 0.15) is 18.7 Å². The predicted molar refractivity (Wildman–Crippen MR) is 84.9 cm³/mol. The number of piperidine rings is 1. The molecule has 3 heterocycles. The lowest BCUT2D eigenvalue weighted by atomic mass is 10.1. The molecule has 2 aliphatic rings. The number of ether oxygens (including phenoxy) is 2. The Balaban J connectivity index is 1.37. The fourth-order valence-electron chi connectivity index (χ4n) is 2.88. The summed E-state index contributed by atoms with van der Waals surface area (Å²) in [7, 11) is 0. The summed E-state index contributed by atoms with van der Waals surface area (Å²) in [5.74, 6) is 2.03. The van der Waals surface area contributed by atoms with Crippen molar-refractivity contribution >= 4 is 6.03 Å². The van der Waals surface area contributed by atoms with Gasteiger partial charge in [0.1, 0.15) is 0 Å². The number of carbonyl (C=O) groups is 1. The summed E-state index contributed by atoms with van der Waals surface area (Å²) in [6.45, 7) is 1.34. The Morgan fingerprint density at radius 1 is 1.36 bits per heavy atom. The largest absolute Gasteiger partial charge is 0.454 e. The van der Waals surface area contributed by atoms with E-state index in [1.807, 2.05) is 0 Å². The van der Waals surface area contributed by atoms with Gasteiger partial charge < -0.3 is 29.3 Å². The van der Waals surface area contributed by atoms with Crippen molar-refractivity contribution in [3.05, 3.63) is 24.0 Å². The van der Waals surface area contributed by atoms with Crippen molar-refractivity contribution < 1.29 is 23.9 Å². The van der Waals surface area contributed by atoms with Crippen LogP contribution in [0.2, 0.25) is 0 Å². The molecular formula is C16H18N4O5. The topological polar surface area (TPSA) is 110 Å². The Morgan fingerprint density at radius 3 is 3.12 bits per heavy atom. The highest BCUT2D eigenvalue weighted by Gasteiger charge is 2.22. The molecule has 4 rings (SSSR count). The number of rotatable bonds is 3. The Hall–Kier alpha value is -2.81. The third-order valence-electron chi connectivity index (χ3n) is 4.17. The number of aliphatic hydroxyl groups excluding tert-OH is 1. The number of nitrogens with one attached hydrogen (secondary N) is 1. The molecule has 2 aromatic rings. The monoisotopic (exact) mass is 346 g/mol. The summed E-state index contributed by atoms with van der Waals surface area (Å²) >= 11 is 0. The van der Waals surface area contributed by atoms with E-state index in [1.165, 1.54) is 0 Å². The molecule has 2 amide bonds. The molecule has 25 heavy (non-hydrogen) atoms. The first-order valence-electron chi connectivity index (χ1n) is 8.12. The van der Waals surface area contributed by atoms with E-state index in [2.05, 4.69) is 15.5 Å². The zero-order chi connectivity index (χ0) is 17.2. The van der Waals surface area contributed by atoms with Crippen LogP contribution in [-0.2, 0) is 6.54 Å². The number of amides is 2. The van der Waals surface area contributed by atoms with E-state index in [4.69, 9.17) is 14.0 Å². The molecule has 132 valence electrons. The smallest absolute Gasteiger partial charge is 0.317 e. The Kier molecular flexibility index (Phi) is 4.14. The lowest BCUT2D eigenvalue weighted by Gasteiger charge is -2.29. The van der Waals surface area contributed by atoms with Gasteiger partial charge in [0.05, 0.1) is 12.6 Å². The zero-order valence-corrected chi connectivity index (χ0v) is 13.5. The van der Waals surface area contributed by atoms with Gasteiger partial charge in [-0.1, -0.05) is 5.16 Å². The second-order valence-corrected chi connectivity index (χ2v) is 5.98. The van der Waals surface area contributed by atoms with Crippen LogP contribution in [-0.4, -0.2) is 52.2 Å². The molecule has 0 radical (unpaired) electrons.